The summed E-state index contributed by atoms with van der Waals surface area (Å²) >= 11 is 0. The quantitative estimate of drug-likeness (QED) is 0.861. The average molecular weight is 232 g/mol. The highest BCUT2D eigenvalue weighted by Crippen LogP contribution is 2.31. The zero-order valence-corrected chi connectivity index (χ0v) is 11.3. The second-order valence-corrected chi connectivity index (χ2v) is 5.89. The number of piperidine rings is 1. The Morgan fingerprint density at radius 1 is 1.24 bits per heavy atom. The summed E-state index contributed by atoms with van der Waals surface area (Å²) < 4.78 is 0. The van der Waals surface area contributed by atoms with Gasteiger partial charge in [-0.3, -0.25) is 0 Å². The summed E-state index contributed by atoms with van der Waals surface area (Å²) in [4.78, 5) is 2.52. The molecule has 0 bridgehead atoms. The first-order valence-corrected chi connectivity index (χ1v) is 6.59. The fourth-order valence-electron chi connectivity index (χ4n) is 2.67. The van der Waals surface area contributed by atoms with E-state index in [0.29, 0.717) is 5.41 Å². The first-order chi connectivity index (χ1) is 8.11. The largest absolute Gasteiger partial charge is 0.371 e. The normalized spacial score (nSPS) is 19.4. The van der Waals surface area contributed by atoms with E-state index in [0.717, 1.165) is 6.54 Å². The molecule has 1 heterocycles. The van der Waals surface area contributed by atoms with Crippen molar-refractivity contribution in [1.82, 2.24) is 5.32 Å². The van der Waals surface area contributed by atoms with Crippen molar-refractivity contribution in [2.75, 3.05) is 25.0 Å². The third-order valence-corrected chi connectivity index (χ3v) is 3.58. The molecule has 1 fully saturated rings. The van der Waals surface area contributed by atoms with Crippen molar-refractivity contribution in [2.24, 2.45) is 5.41 Å². The van der Waals surface area contributed by atoms with Crippen molar-refractivity contribution >= 4 is 5.69 Å². The predicted molar refractivity (Wildman–Crippen MR) is 74.4 cm³/mol. The molecule has 1 aliphatic heterocycles. The highest BCUT2D eigenvalue weighted by Gasteiger charge is 2.26. The molecule has 1 N–H and O–H groups in total. The predicted octanol–water partition coefficient (Wildman–Crippen LogP) is 3.03. The van der Waals surface area contributed by atoms with Gasteiger partial charge in [0.25, 0.3) is 0 Å². The first-order valence-electron chi connectivity index (χ1n) is 6.59. The van der Waals surface area contributed by atoms with Crippen LogP contribution >= 0.6 is 0 Å². The van der Waals surface area contributed by atoms with Gasteiger partial charge in [-0.25, -0.2) is 0 Å². The molecule has 17 heavy (non-hydrogen) atoms. The van der Waals surface area contributed by atoms with E-state index in [-0.39, 0.29) is 0 Å². The molecule has 0 spiro atoms. The Bertz CT molecular complexity index is 354. The molecule has 1 aromatic carbocycles. The van der Waals surface area contributed by atoms with Gasteiger partial charge in [-0.15, -0.1) is 0 Å². The Morgan fingerprint density at radius 3 is 2.53 bits per heavy atom. The van der Waals surface area contributed by atoms with E-state index in [9.17, 15) is 0 Å². The zero-order chi connectivity index (χ0) is 12.3. The number of hydrogen-bond donors (Lipinski definition) is 1. The second-order valence-electron chi connectivity index (χ2n) is 5.89. The summed E-state index contributed by atoms with van der Waals surface area (Å²) in [6.45, 7) is 8.07. The molecule has 0 unspecified atom stereocenters. The van der Waals surface area contributed by atoms with Gasteiger partial charge in [0.05, 0.1) is 0 Å². The Hall–Kier alpha value is -1.02. The number of anilines is 1. The third-order valence-electron chi connectivity index (χ3n) is 3.58. The molecule has 0 saturated carbocycles. The van der Waals surface area contributed by atoms with Crippen molar-refractivity contribution in [3.8, 4) is 0 Å². The zero-order valence-electron chi connectivity index (χ0n) is 11.3. The maximum atomic E-state index is 3.18. The molecule has 2 heteroatoms. The first kappa shape index (κ1) is 12.4. The molecule has 0 amide bonds. The minimum Gasteiger partial charge on any atom is -0.371 e. The van der Waals surface area contributed by atoms with Crippen LogP contribution in [0, 0.1) is 5.41 Å². The van der Waals surface area contributed by atoms with Crippen molar-refractivity contribution in [3.05, 3.63) is 29.8 Å². The van der Waals surface area contributed by atoms with Gasteiger partial charge in [0, 0.05) is 25.3 Å². The highest BCUT2D eigenvalue weighted by atomic mass is 15.1. The standard InChI is InChI=1S/C15H24N2/c1-15(2)9-4-10-17(12-15)14-7-5-13(6-8-14)11-16-3/h5-8,16H,4,9-12H2,1-3H3. The van der Waals surface area contributed by atoms with E-state index < -0.39 is 0 Å². The van der Waals surface area contributed by atoms with Crippen LogP contribution in [0.2, 0.25) is 0 Å². The van der Waals surface area contributed by atoms with Gasteiger partial charge >= 0.3 is 0 Å². The Labute approximate surface area is 105 Å². The SMILES string of the molecule is CNCc1ccc(N2CCCC(C)(C)C2)cc1. The van der Waals surface area contributed by atoms with Crippen molar-refractivity contribution in [2.45, 2.75) is 33.2 Å². The lowest BCUT2D eigenvalue weighted by atomic mass is 9.84. The fraction of sp³-hybridized carbons (Fsp3) is 0.600. The van der Waals surface area contributed by atoms with Gasteiger partial charge in [0.1, 0.15) is 0 Å². The monoisotopic (exact) mass is 232 g/mol. The van der Waals surface area contributed by atoms with Crippen LogP contribution in [0.4, 0.5) is 5.69 Å². The summed E-state index contributed by atoms with van der Waals surface area (Å²) in [5.74, 6) is 0. The molecule has 0 atom stereocenters. The number of nitrogens with one attached hydrogen (secondary N) is 1. The minimum absolute atomic E-state index is 0.460. The maximum absolute atomic E-state index is 3.18. The van der Waals surface area contributed by atoms with E-state index in [1.54, 1.807) is 0 Å². The van der Waals surface area contributed by atoms with Crippen LogP contribution in [0.25, 0.3) is 0 Å². The summed E-state index contributed by atoms with van der Waals surface area (Å²) in [7, 11) is 1.99. The molecular weight excluding hydrogens is 208 g/mol. The number of rotatable bonds is 3. The Morgan fingerprint density at radius 2 is 1.94 bits per heavy atom. The summed E-state index contributed by atoms with van der Waals surface area (Å²) in [6.07, 6.45) is 2.66. The van der Waals surface area contributed by atoms with Gasteiger partial charge < -0.3 is 10.2 Å². The van der Waals surface area contributed by atoms with Crippen LogP contribution < -0.4 is 10.2 Å². The molecule has 0 aliphatic carbocycles. The highest BCUT2D eigenvalue weighted by molar-refractivity contribution is 5.48. The molecule has 0 aromatic heterocycles. The topological polar surface area (TPSA) is 15.3 Å². The number of nitrogens with zero attached hydrogens (tertiary/aromatic N) is 1. The molecule has 1 aliphatic rings. The van der Waals surface area contributed by atoms with Crippen LogP contribution in [-0.2, 0) is 6.54 Å². The van der Waals surface area contributed by atoms with Gasteiger partial charge in [-0.05, 0) is 43.0 Å². The van der Waals surface area contributed by atoms with Gasteiger partial charge in [0.2, 0.25) is 0 Å². The van der Waals surface area contributed by atoms with E-state index in [2.05, 4.69) is 48.3 Å². The average Bonchev–Trinajstić information content (AvgIpc) is 2.29. The van der Waals surface area contributed by atoms with Crippen molar-refractivity contribution < 1.29 is 0 Å². The maximum Gasteiger partial charge on any atom is 0.0366 e. The van der Waals surface area contributed by atoms with Gasteiger partial charge in [0.15, 0.2) is 0 Å². The van der Waals surface area contributed by atoms with Gasteiger partial charge in [-0.2, -0.15) is 0 Å². The second kappa shape index (κ2) is 5.09. The van der Waals surface area contributed by atoms with Gasteiger partial charge in [-0.1, -0.05) is 26.0 Å². The third kappa shape index (κ3) is 3.22. The molecule has 1 aromatic rings. The fourth-order valence-corrected chi connectivity index (χ4v) is 2.67. The van der Waals surface area contributed by atoms with Crippen LogP contribution in [0.5, 0.6) is 0 Å². The van der Waals surface area contributed by atoms with Crippen LogP contribution in [0.3, 0.4) is 0 Å². The molecule has 2 nitrogen and oxygen atoms in total. The number of hydrogen-bond acceptors (Lipinski definition) is 2. The lowest BCUT2D eigenvalue weighted by Gasteiger charge is -2.39. The van der Waals surface area contributed by atoms with Crippen LogP contribution in [0.1, 0.15) is 32.3 Å². The van der Waals surface area contributed by atoms with Crippen molar-refractivity contribution in [3.63, 3.8) is 0 Å². The van der Waals surface area contributed by atoms with E-state index >= 15 is 0 Å². The Balaban J connectivity index is 2.06. The smallest absolute Gasteiger partial charge is 0.0366 e. The number of benzene rings is 1. The van der Waals surface area contributed by atoms with E-state index in [4.69, 9.17) is 0 Å². The lowest BCUT2D eigenvalue weighted by molar-refractivity contribution is 0.293. The summed E-state index contributed by atoms with van der Waals surface area (Å²) in [6, 6.07) is 8.98. The summed E-state index contributed by atoms with van der Waals surface area (Å²) in [5, 5.41) is 3.18. The van der Waals surface area contributed by atoms with Crippen LogP contribution in [0.15, 0.2) is 24.3 Å². The molecule has 0 radical (unpaired) electrons. The van der Waals surface area contributed by atoms with E-state index in [1.165, 1.54) is 37.2 Å². The molecule has 94 valence electrons. The molecular formula is C15H24N2. The van der Waals surface area contributed by atoms with Crippen molar-refractivity contribution in [1.29, 1.82) is 0 Å². The molecule has 1 saturated heterocycles. The minimum atomic E-state index is 0.460. The Kier molecular flexibility index (Phi) is 3.72. The summed E-state index contributed by atoms with van der Waals surface area (Å²) in [5.41, 5.74) is 3.19. The van der Waals surface area contributed by atoms with E-state index in [1.807, 2.05) is 7.05 Å². The molecule has 2 rings (SSSR count). The van der Waals surface area contributed by atoms with Crippen LogP contribution in [-0.4, -0.2) is 20.1 Å². The lowest BCUT2D eigenvalue weighted by Crippen LogP contribution is -2.40.